The molecule has 3 amide bonds. The molecular formula is C29H41N4O2S+. The van der Waals surface area contributed by atoms with Crippen LogP contribution in [0.4, 0.5) is 15.5 Å². The number of primary amides is 1. The van der Waals surface area contributed by atoms with Crippen molar-refractivity contribution in [3.05, 3.63) is 58.5 Å². The predicted molar refractivity (Wildman–Crippen MR) is 153 cm³/mol. The molecule has 0 spiro atoms. The summed E-state index contributed by atoms with van der Waals surface area (Å²) >= 11 is 1.50. The normalized spacial score (nSPS) is 18.5. The maximum absolute atomic E-state index is 12.8. The van der Waals surface area contributed by atoms with Crippen LogP contribution in [0.15, 0.2) is 42.5 Å². The van der Waals surface area contributed by atoms with E-state index < -0.39 is 5.91 Å². The Morgan fingerprint density at radius 3 is 2.36 bits per heavy atom. The van der Waals surface area contributed by atoms with Crippen molar-refractivity contribution in [3.8, 4) is 0 Å². The van der Waals surface area contributed by atoms with Crippen LogP contribution in [0.3, 0.4) is 0 Å². The highest BCUT2D eigenvalue weighted by molar-refractivity contribution is 7.17. The standard InChI is InChI=1S/C25H28N4O2S.2C2H6/c1-29(14-16-5-4-6-16)12-11-20-21(15-29)32-24(22(20)23(26)30)28-25(31)27-19-10-9-17-7-2-3-8-18(17)13-19;2*1-2/h2-3,7-10,13,16H,4-6,11-12,14-15H2,1H3,(H3-,26,27,28,30,31);2*1-2H3/p+1. The molecule has 0 saturated heterocycles. The summed E-state index contributed by atoms with van der Waals surface area (Å²) in [5.74, 6) is 0.348. The number of amides is 3. The van der Waals surface area contributed by atoms with Crippen molar-refractivity contribution in [2.75, 3.05) is 30.8 Å². The van der Waals surface area contributed by atoms with Gasteiger partial charge in [0.05, 0.1) is 30.6 Å². The fourth-order valence-corrected chi connectivity index (χ4v) is 6.47. The van der Waals surface area contributed by atoms with Crippen LogP contribution in [-0.4, -0.2) is 36.6 Å². The molecule has 4 N–H and O–H groups in total. The minimum atomic E-state index is -0.474. The molecule has 0 radical (unpaired) electrons. The van der Waals surface area contributed by atoms with Gasteiger partial charge in [-0.15, -0.1) is 11.3 Å². The van der Waals surface area contributed by atoms with E-state index in [1.54, 1.807) is 0 Å². The smallest absolute Gasteiger partial charge is 0.324 e. The van der Waals surface area contributed by atoms with Gasteiger partial charge < -0.3 is 15.5 Å². The number of thiophene rings is 1. The van der Waals surface area contributed by atoms with Gasteiger partial charge in [0.25, 0.3) is 5.91 Å². The fourth-order valence-electron chi connectivity index (χ4n) is 5.05. The first kappa shape index (κ1) is 27.7. The van der Waals surface area contributed by atoms with Gasteiger partial charge in [0.2, 0.25) is 0 Å². The second kappa shape index (κ2) is 12.4. The van der Waals surface area contributed by atoms with Gasteiger partial charge >= 0.3 is 6.03 Å². The molecular weight excluding hydrogens is 468 g/mol. The van der Waals surface area contributed by atoms with Crippen molar-refractivity contribution in [3.63, 3.8) is 0 Å². The van der Waals surface area contributed by atoms with E-state index in [2.05, 4.69) is 17.7 Å². The van der Waals surface area contributed by atoms with Crippen LogP contribution in [0.5, 0.6) is 0 Å². The molecule has 1 unspecified atom stereocenters. The molecule has 2 heterocycles. The Morgan fingerprint density at radius 2 is 1.72 bits per heavy atom. The van der Waals surface area contributed by atoms with Gasteiger partial charge in [0.15, 0.2) is 0 Å². The van der Waals surface area contributed by atoms with E-state index in [0.717, 1.165) is 46.2 Å². The Kier molecular flexibility index (Phi) is 9.51. The van der Waals surface area contributed by atoms with Crippen LogP contribution >= 0.6 is 11.3 Å². The van der Waals surface area contributed by atoms with E-state index in [1.165, 1.54) is 42.0 Å². The molecule has 1 atom stereocenters. The summed E-state index contributed by atoms with van der Waals surface area (Å²) in [5.41, 5.74) is 7.95. The molecule has 2 aliphatic rings. The average molecular weight is 510 g/mol. The average Bonchev–Trinajstić information content (AvgIpc) is 3.20. The summed E-state index contributed by atoms with van der Waals surface area (Å²) in [7, 11) is 2.31. The van der Waals surface area contributed by atoms with E-state index in [4.69, 9.17) is 5.73 Å². The van der Waals surface area contributed by atoms with Crippen molar-refractivity contribution in [2.45, 2.75) is 59.9 Å². The third-order valence-electron chi connectivity index (χ3n) is 6.92. The molecule has 36 heavy (non-hydrogen) atoms. The van der Waals surface area contributed by atoms with Crippen LogP contribution in [-0.2, 0) is 13.0 Å². The lowest BCUT2D eigenvalue weighted by Gasteiger charge is -2.42. The topological polar surface area (TPSA) is 84.2 Å². The van der Waals surface area contributed by atoms with Gasteiger partial charge in [-0.25, -0.2) is 4.79 Å². The summed E-state index contributed by atoms with van der Waals surface area (Å²) in [6.07, 6.45) is 4.83. The lowest BCUT2D eigenvalue weighted by atomic mass is 9.84. The summed E-state index contributed by atoms with van der Waals surface area (Å²) < 4.78 is 0.999. The Labute approximate surface area is 219 Å². The first-order valence-electron chi connectivity index (χ1n) is 13.2. The Balaban J connectivity index is 0.000000861. The number of nitrogens with zero attached hydrogens (tertiary/aromatic N) is 1. The quantitative estimate of drug-likeness (QED) is 0.324. The maximum Gasteiger partial charge on any atom is 0.324 e. The second-order valence-corrected chi connectivity index (χ2v) is 10.5. The number of benzene rings is 2. The molecule has 1 saturated carbocycles. The molecule has 5 rings (SSSR count). The number of rotatable bonds is 5. The third-order valence-corrected chi connectivity index (χ3v) is 8.05. The van der Waals surface area contributed by atoms with E-state index in [1.807, 2.05) is 70.2 Å². The van der Waals surface area contributed by atoms with E-state index in [-0.39, 0.29) is 6.03 Å². The summed E-state index contributed by atoms with van der Waals surface area (Å²) in [6.45, 7) is 11.1. The van der Waals surface area contributed by atoms with Crippen LogP contribution in [0, 0.1) is 5.92 Å². The predicted octanol–water partition coefficient (Wildman–Crippen LogP) is 7.00. The monoisotopic (exact) mass is 509 g/mol. The molecule has 7 heteroatoms. The van der Waals surface area contributed by atoms with Crippen molar-refractivity contribution in [1.82, 2.24) is 0 Å². The number of nitrogens with two attached hydrogens (primary N) is 1. The van der Waals surface area contributed by atoms with Crippen molar-refractivity contribution < 1.29 is 14.1 Å². The fraction of sp³-hybridized carbons (Fsp3) is 0.448. The van der Waals surface area contributed by atoms with Gasteiger partial charge in [0.1, 0.15) is 11.5 Å². The number of anilines is 2. The third kappa shape index (κ3) is 6.26. The van der Waals surface area contributed by atoms with Crippen molar-refractivity contribution in [1.29, 1.82) is 0 Å². The van der Waals surface area contributed by atoms with Gasteiger partial charge in [-0.1, -0.05) is 64.4 Å². The lowest BCUT2D eigenvalue weighted by molar-refractivity contribution is -0.927. The minimum Gasteiger partial charge on any atom is -0.365 e. The molecule has 1 aliphatic carbocycles. The Hall–Kier alpha value is -2.90. The highest BCUT2D eigenvalue weighted by Gasteiger charge is 2.37. The van der Waals surface area contributed by atoms with E-state index in [0.29, 0.717) is 16.3 Å². The zero-order valence-electron chi connectivity index (χ0n) is 22.3. The van der Waals surface area contributed by atoms with Gasteiger partial charge in [-0.05, 0) is 41.3 Å². The molecule has 3 aromatic rings. The first-order valence-corrected chi connectivity index (χ1v) is 14.1. The first-order chi connectivity index (χ1) is 17.4. The lowest BCUT2D eigenvalue weighted by Crippen LogP contribution is -2.51. The largest absolute Gasteiger partial charge is 0.365 e. The zero-order valence-corrected chi connectivity index (χ0v) is 23.1. The number of carbonyl (C=O) groups excluding carboxylic acids is 2. The van der Waals surface area contributed by atoms with Gasteiger partial charge in [0, 0.05) is 18.0 Å². The number of fused-ring (bicyclic) bond motifs is 2. The summed E-state index contributed by atoms with van der Waals surface area (Å²) in [5, 5.41) is 8.51. The number of hydrogen-bond acceptors (Lipinski definition) is 3. The highest BCUT2D eigenvalue weighted by atomic mass is 32.1. The minimum absolute atomic E-state index is 0.368. The van der Waals surface area contributed by atoms with Gasteiger partial charge in [-0.2, -0.15) is 0 Å². The molecule has 2 aromatic carbocycles. The second-order valence-electron chi connectivity index (χ2n) is 9.44. The number of likely N-dealkylation sites (N-methyl/N-ethyl adjacent to an activating group) is 1. The molecule has 194 valence electrons. The van der Waals surface area contributed by atoms with Crippen LogP contribution in [0.1, 0.15) is 67.8 Å². The Morgan fingerprint density at radius 1 is 1.03 bits per heavy atom. The molecule has 1 aromatic heterocycles. The number of carbonyl (C=O) groups is 2. The van der Waals surface area contributed by atoms with E-state index in [9.17, 15) is 9.59 Å². The van der Waals surface area contributed by atoms with Crippen molar-refractivity contribution in [2.24, 2.45) is 11.7 Å². The zero-order chi connectivity index (χ0) is 26.3. The van der Waals surface area contributed by atoms with E-state index >= 15 is 0 Å². The van der Waals surface area contributed by atoms with Crippen LogP contribution < -0.4 is 16.4 Å². The number of urea groups is 1. The maximum atomic E-state index is 12.8. The Bertz CT molecular complexity index is 1200. The SMILES string of the molecule is CC.CC.C[N+]1(CC2CCC2)CCc2c(sc(NC(=O)Nc3ccc4ccccc4c3)c2C(N)=O)C1. The molecule has 0 bridgehead atoms. The molecule has 1 aliphatic heterocycles. The number of nitrogens with one attached hydrogen (secondary N) is 2. The van der Waals surface area contributed by atoms with Gasteiger partial charge in [-0.3, -0.25) is 10.1 Å². The molecule has 1 fully saturated rings. The molecule has 6 nitrogen and oxygen atoms in total. The van der Waals surface area contributed by atoms with Crippen LogP contribution in [0.25, 0.3) is 10.8 Å². The highest BCUT2D eigenvalue weighted by Crippen LogP contribution is 2.40. The summed E-state index contributed by atoms with van der Waals surface area (Å²) in [4.78, 5) is 26.2. The van der Waals surface area contributed by atoms with Crippen molar-refractivity contribution >= 4 is 44.7 Å². The number of hydrogen-bond donors (Lipinski definition) is 3. The van der Waals surface area contributed by atoms with Crippen LogP contribution in [0.2, 0.25) is 0 Å². The summed E-state index contributed by atoms with van der Waals surface area (Å²) in [6, 6.07) is 13.4. The number of quaternary nitrogens is 1.